The highest BCUT2D eigenvalue weighted by molar-refractivity contribution is 7.98. The van der Waals surface area contributed by atoms with E-state index in [2.05, 4.69) is 14.9 Å². The van der Waals surface area contributed by atoms with Gasteiger partial charge in [-0.1, -0.05) is 0 Å². The number of piperidine rings is 1. The lowest BCUT2D eigenvalue weighted by Crippen LogP contribution is -2.34. The first-order chi connectivity index (χ1) is 13.2. The number of anilines is 1. The maximum Gasteiger partial charge on any atom is 0.162 e. The van der Waals surface area contributed by atoms with Crippen LogP contribution in [0.1, 0.15) is 25.7 Å². The van der Waals surface area contributed by atoms with Crippen LogP contribution in [-0.4, -0.2) is 52.8 Å². The van der Waals surface area contributed by atoms with E-state index in [1.807, 2.05) is 12.1 Å². The molecule has 1 aliphatic rings. The van der Waals surface area contributed by atoms with E-state index < -0.39 is 10.8 Å². The Morgan fingerprint density at radius 3 is 2.59 bits per heavy atom. The van der Waals surface area contributed by atoms with Gasteiger partial charge in [0.1, 0.15) is 12.1 Å². The molecule has 27 heavy (non-hydrogen) atoms. The van der Waals surface area contributed by atoms with Gasteiger partial charge in [-0.15, -0.1) is 0 Å². The monoisotopic (exact) mass is 390 g/mol. The summed E-state index contributed by atoms with van der Waals surface area (Å²) < 4.78 is 22.1. The van der Waals surface area contributed by atoms with E-state index in [-0.39, 0.29) is 0 Å². The van der Waals surface area contributed by atoms with Crippen molar-refractivity contribution in [3.05, 3.63) is 18.5 Å². The third-order valence-corrected chi connectivity index (χ3v) is 6.08. The molecular formula is C19H26N4O3S. The first-order valence-electron chi connectivity index (χ1n) is 9.15. The number of hydrogen-bond donors (Lipinski definition) is 1. The van der Waals surface area contributed by atoms with E-state index in [1.54, 1.807) is 20.5 Å². The number of methoxy groups -OCH3 is 2. The van der Waals surface area contributed by atoms with Crippen LogP contribution in [0.4, 0.5) is 5.82 Å². The van der Waals surface area contributed by atoms with Crippen LogP contribution < -0.4 is 14.4 Å². The minimum atomic E-state index is -1.10. The highest BCUT2D eigenvalue weighted by Gasteiger charge is 2.22. The number of ether oxygens (including phenoxy) is 2. The number of hydrogen-bond acceptors (Lipinski definition) is 7. The van der Waals surface area contributed by atoms with Crippen molar-refractivity contribution in [2.75, 3.05) is 38.0 Å². The smallest absolute Gasteiger partial charge is 0.162 e. The molecular weight excluding hydrogens is 364 g/mol. The lowest BCUT2D eigenvalue weighted by Gasteiger charge is -2.33. The molecule has 1 unspecified atom stereocenters. The number of fused-ring (bicyclic) bond motifs is 1. The highest BCUT2D eigenvalue weighted by atomic mass is 32.2. The largest absolute Gasteiger partial charge is 0.493 e. The predicted octanol–water partition coefficient (Wildman–Crippen LogP) is 3.00. The molecule has 0 spiro atoms. The average molecular weight is 391 g/mol. The van der Waals surface area contributed by atoms with Crippen molar-refractivity contribution in [2.45, 2.75) is 25.7 Å². The quantitative estimate of drug-likeness (QED) is 0.551. The molecule has 1 atom stereocenters. The molecule has 1 aliphatic heterocycles. The number of aromatic nitrogens is 2. The van der Waals surface area contributed by atoms with Crippen molar-refractivity contribution in [1.82, 2.24) is 9.97 Å². The molecule has 0 saturated carbocycles. The van der Waals surface area contributed by atoms with Crippen molar-refractivity contribution in [3.8, 4) is 11.5 Å². The lowest BCUT2D eigenvalue weighted by atomic mass is 9.92. The van der Waals surface area contributed by atoms with Gasteiger partial charge in [-0.05, 0) is 37.7 Å². The summed E-state index contributed by atoms with van der Waals surface area (Å²) in [6.45, 7) is 1.89. The minimum Gasteiger partial charge on any atom is -0.493 e. The van der Waals surface area contributed by atoms with Gasteiger partial charge in [0.25, 0.3) is 0 Å². The fourth-order valence-corrected chi connectivity index (χ4v) is 4.20. The molecule has 2 aromatic rings. The second-order valence-corrected chi connectivity index (χ2v) is 8.10. The molecule has 146 valence electrons. The Morgan fingerprint density at radius 1 is 1.22 bits per heavy atom. The first kappa shape index (κ1) is 19.5. The summed E-state index contributed by atoms with van der Waals surface area (Å²) in [5.41, 5.74) is 1.88. The molecule has 3 rings (SSSR count). The Labute approximate surface area is 162 Å². The van der Waals surface area contributed by atoms with Crippen molar-refractivity contribution >= 4 is 33.1 Å². The second kappa shape index (κ2) is 9.12. The lowest BCUT2D eigenvalue weighted by molar-refractivity contribution is 0.355. The van der Waals surface area contributed by atoms with Crippen LogP contribution in [0.5, 0.6) is 11.5 Å². The van der Waals surface area contributed by atoms with E-state index >= 15 is 0 Å². The highest BCUT2D eigenvalue weighted by Crippen LogP contribution is 2.36. The van der Waals surface area contributed by atoms with Crippen LogP contribution in [-0.2, 0) is 10.8 Å². The summed E-state index contributed by atoms with van der Waals surface area (Å²) in [5, 5.41) is 7.98. The Balaban J connectivity index is 1.70. The molecule has 1 N–H and O–H groups in total. The van der Waals surface area contributed by atoms with Crippen LogP contribution in [0, 0.1) is 11.3 Å². The molecule has 0 amide bonds. The van der Waals surface area contributed by atoms with Gasteiger partial charge in [0.05, 0.1) is 36.1 Å². The fourth-order valence-electron chi connectivity index (χ4n) is 3.63. The predicted molar refractivity (Wildman–Crippen MR) is 109 cm³/mol. The molecule has 1 saturated heterocycles. The van der Waals surface area contributed by atoms with E-state index in [0.717, 1.165) is 61.0 Å². The van der Waals surface area contributed by atoms with Crippen LogP contribution in [0.15, 0.2) is 18.5 Å². The van der Waals surface area contributed by atoms with Gasteiger partial charge >= 0.3 is 0 Å². The van der Waals surface area contributed by atoms with E-state index in [0.29, 0.717) is 23.2 Å². The molecule has 1 fully saturated rings. The Hall–Kier alpha value is -2.22. The van der Waals surface area contributed by atoms with E-state index in [9.17, 15) is 4.21 Å². The van der Waals surface area contributed by atoms with Gasteiger partial charge in [0.15, 0.2) is 11.5 Å². The Kier molecular flexibility index (Phi) is 6.60. The van der Waals surface area contributed by atoms with Gasteiger partial charge in [-0.3, -0.25) is 9.62 Å². The summed E-state index contributed by atoms with van der Waals surface area (Å²) >= 11 is 0. The van der Waals surface area contributed by atoms with Crippen LogP contribution in [0.3, 0.4) is 0 Å². The van der Waals surface area contributed by atoms with Gasteiger partial charge < -0.3 is 14.4 Å². The van der Waals surface area contributed by atoms with E-state index in [4.69, 9.17) is 14.9 Å². The van der Waals surface area contributed by atoms with Gasteiger partial charge in [0, 0.05) is 30.3 Å². The second-order valence-electron chi connectivity index (χ2n) is 6.70. The standard InChI is InChI=1S/C19H26N4O3S/c1-25-17-10-15-16(11-18(17)26-2)21-13-22-19(15)23-7-5-14(6-8-23)4-3-9-27(24)12-20/h10-14,20H,3-9H2,1-2H3. The minimum absolute atomic E-state index is 0.599. The summed E-state index contributed by atoms with van der Waals surface area (Å²) in [4.78, 5) is 11.2. The summed E-state index contributed by atoms with van der Waals surface area (Å²) in [6.07, 6.45) is 5.78. The Morgan fingerprint density at radius 2 is 1.93 bits per heavy atom. The SMILES string of the molecule is COc1cc2ncnc(N3CCC(CCCS(=O)C=N)CC3)c2cc1OC. The first-order valence-corrected chi connectivity index (χ1v) is 10.5. The van der Waals surface area contributed by atoms with E-state index in [1.165, 1.54) is 0 Å². The molecule has 0 radical (unpaired) electrons. The third kappa shape index (κ3) is 4.55. The third-order valence-electron chi connectivity index (χ3n) is 5.12. The van der Waals surface area contributed by atoms with Crippen molar-refractivity contribution in [3.63, 3.8) is 0 Å². The van der Waals surface area contributed by atoms with Crippen LogP contribution in [0.2, 0.25) is 0 Å². The zero-order chi connectivity index (χ0) is 19.2. The topological polar surface area (TPSA) is 88.4 Å². The van der Waals surface area contributed by atoms with Crippen molar-refractivity contribution in [1.29, 1.82) is 5.41 Å². The molecule has 8 heteroatoms. The maximum atomic E-state index is 11.3. The summed E-state index contributed by atoms with van der Waals surface area (Å²) in [5.74, 6) is 3.52. The zero-order valence-corrected chi connectivity index (χ0v) is 16.6. The van der Waals surface area contributed by atoms with Crippen LogP contribution in [0.25, 0.3) is 10.9 Å². The number of benzene rings is 1. The molecule has 0 bridgehead atoms. The number of nitrogens with one attached hydrogen (secondary N) is 1. The molecule has 1 aromatic carbocycles. The Bertz CT molecular complexity index is 822. The van der Waals surface area contributed by atoms with Crippen molar-refractivity contribution < 1.29 is 13.7 Å². The summed E-state index contributed by atoms with van der Waals surface area (Å²) in [7, 11) is 2.15. The molecule has 1 aromatic heterocycles. The molecule has 0 aliphatic carbocycles. The maximum absolute atomic E-state index is 11.3. The van der Waals surface area contributed by atoms with Crippen molar-refractivity contribution in [2.24, 2.45) is 5.92 Å². The molecule has 2 heterocycles. The average Bonchev–Trinajstić information content (AvgIpc) is 2.72. The zero-order valence-electron chi connectivity index (χ0n) is 15.8. The van der Waals surface area contributed by atoms with Gasteiger partial charge in [-0.25, -0.2) is 9.97 Å². The van der Waals surface area contributed by atoms with Gasteiger partial charge in [-0.2, -0.15) is 0 Å². The molecule has 7 nitrogen and oxygen atoms in total. The fraction of sp³-hybridized carbons (Fsp3) is 0.526. The van der Waals surface area contributed by atoms with Gasteiger partial charge in [0.2, 0.25) is 0 Å². The van der Waals surface area contributed by atoms with Crippen LogP contribution >= 0.6 is 0 Å². The summed E-state index contributed by atoms with van der Waals surface area (Å²) in [6, 6.07) is 3.83. The normalized spacial score (nSPS) is 16.3. The number of nitrogens with zero attached hydrogens (tertiary/aromatic N) is 3. The number of rotatable bonds is 8.